The van der Waals surface area contributed by atoms with Crippen LogP contribution in [0.2, 0.25) is 0 Å². The standard InChI is InChI=1S/C14H19BrO2/c1-16-13-5-3-2-4-12(13)14(10-15)17-9-8-11-6-7-11/h2-5,11,14H,6-10H2,1H3. The SMILES string of the molecule is COc1ccccc1C(CBr)OCCC1CC1. The summed E-state index contributed by atoms with van der Waals surface area (Å²) in [6, 6.07) is 8.06. The molecule has 0 aliphatic heterocycles. The van der Waals surface area contributed by atoms with Crippen molar-refractivity contribution in [2.75, 3.05) is 19.0 Å². The van der Waals surface area contributed by atoms with E-state index in [0.29, 0.717) is 0 Å². The van der Waals surface area contributed by atoms with Gasteiger partial charge < -0.3 is 9.47 Å². The van der Waals surface area contributed by atoms with Crippen LogP contribution >= 0.6 is 15.9 Å². The van der Waals surface area contributed by atoms with Gasteiger partial charge in [0.15, 0.2) is 0 Å². The van der Waals surface area contributed by atoms with Crippen LogP contribution < -0.4 is 4.74 Å². The number of hydrogen-bond acceptors (Lipinski definition) is 2. The molecule has 1 aromatic rings. The van der Waals surface area contributed by atoms with Crippen molar-refractivity contribution in [1.82, 2.24) is 0 Å². The average Bonchev–Trinajstić information content (AvgIpc) is 3.19. The van der Waals surface area contributed by atoms with Crippen LogP contribution in [0.1, 0.15) is 30.9 Å². The minimum atomic E-state index is 0.0879. The highest BCUT2D eigenvalue weighted by molar-refractivity contribution is 9.09. The molecule has 1 aliphatic carbocycles. The molecule has 0 spiro atoms. The number of ether oxygens (including phenoxy) is 2. The van der Waals surface area contributed by atoms with Crippen LogP contribution in [0.15, 0.2) is 24.3 Å². The van der Waals surface area contributed by atoms with Crippen LogP contribution in [-0.4, -0.2) is 19.0 Å². The van der Waals surface area contributed by atoms with Crippen LogP contribution in [0, 0.1) is 5.92 Å². The fourth-order valence-corrected chi connectivity index (χ4v) is 2.47. The molecule has 0 bridgehead atoms. The monoisotopic (exact) mass is 298 g/mol. The van der Waals surface area contributed by atoms with E-state index in [1.165, 1.54) is 19.3 Å². The van der Waals surface area contributed by atoms with Gasteiger partial charge in [0.25, 0.3) is 0 Å². The summed E-state index contributed by atoms with van der Waals surface area (Å²) < 4.78 is 11.3. The maximum atomic E-state index is 5.94. The molecule has 1 unspecified atom stereocenters. The summed E-state index contributed by atoms with van der Waals surface area (Å²) in [6.45, 7) is 0.846. The highest BCUT2D eigenvalue weighted by Gasteiger charge is 2.22. The zero-order valence-corrected chi connectivity index (χ0v) is 11.8. The molecule has 0 N–H and O–H groups in total. The van der Waals surface area contributed by atoms with Crippen LogP contribution in [0.4, 0.5) is 0 Å². The van der Waals surface area contributed by atoms with E-state index < -0.39 is 0 Å². The molecule has 2 nitrogen and oxygen atoms in total. The Balaban J connectivity index is 1.94. The largest absolute Gasteiger partial charge is 0.496 e. The van der Waals surface area contributed by atoms with Crippen LogP contribution in [0.3, 0.4) is 0 Å². The van der Waals surface area contributed by atoms with Gasteiger partial charge in [-0.25, -0.2) is 0 Å². The Morgan fingerprint density at radius 2 is 2.12 bits per heavy atom. The van der Waals surface area contributed by atoms with Crippen molar-refractivity contribution in [3.8, 4) is 5.75 Å². The van der Waals surface area contributed by atoms with Crippen LogP contribution in [0.25, 0.3) is 0 Å². The molecule has 1 fully saturated rings. The summed E-state index contributed by atoms with van der Waals surface area (Å²) >= 11 is 3.52. The molecular formula is C14H19BrO2. The smallest absolute Gasteiger partial charge is 0.124 e. The molecule has 1 aliphatic rings. The van der Waals surface area contributed by atoms with Gasteiger partial charge in [-0.3, -0.25) is 0 Å². The van der Waals surface area contributed by atoms with Crippen LogP contribution in [0.5, 0.6) is 5.75 Å². The van der Waals surface area contributed by atoms with E-state index in [4.69, 9.17) is 9.47 Å². The lowest BCUT2D eigenvalue weighted by atomic mass is 10.1. The Kier molecular flexibility index (Phi) is 4.86. The maximum Gasteiger partial charge on any atom is 0.124 e. The number of rotatable bonds is 7. The molecule has 0 amide bonds. The first-order chi connectivity index (χ1) is 8.35. The zero-order valence-electron chi connectivity index (χ0n) is 10.2. The predicted octanol–water partition coefficient (Wildman–Crippen LogP) is 3.95. The number of hydrogen-bond donors (Lipinski definition) is 0. The van der Waals surface area contributed by atoms with Crippen molar-refractivity contribution in [2.24, 2.45) is 5.92 Å². The quantitative estimate of drug-likeness (QED) is 0.710. The summed E-state index contributed by atoms with van der Waals surface area (Å²) in [6.07, 6.45) is 4.05. The number of methoxy groups -OCH3 is 1. The van der Waals surface area contributed by atoms with Crippen molar-refractivity contribution in [3.05, 3.63) is 29.8 Å². The first-order valence-corrected chi connectivity index (χ1v) is 7.27. The van der Waals surface area contributed by atoms with Gasteiger partial charge in [0.05, 0.1) is 13.2 Å². The summed E-state index contributed by atoms with van der Waals surface area (Å²) in [5, 5.41) is 0.804. The van der Waals surface area contributed by atoms with E-state index in [0.717, 1.165) is 29.2 Å². The molecule has 17 heavy (non-hydrogen) atoms. The topological polar surface area (TPSA) is 18.5 Å². The van der Waals surface area contributed by atoms with Crippen molar-refractivity contribution in [2.45, 2.75) is 25.4 Å². The number of para-hydroxylation sites is 1. The highest BCUT2D eigenvalue weighted by atomic mass is 79.9. The fraction of sp³-hybridized carbons (Fsp3) is 0.571. The van der Waals surface area contributed by atoms with Gasteiger partial charge in [0.1, 0.15) is 5.75 Å². The second-order valence-electron chi connectivity index (χ2n) is 4.49. The van der Waals surface area contributed by atoms with E-state index in [1.807, 2.05) is 18.2 Å². The zero-order chi connectivity index (χ0) is 12.1. The molecule has 1 saturated carbocycles. The highest BCUT2D eigenvalue weighted by Crippen LogP contribution is 2.34. The van der Waals surface area contributed by atoms with Crippen molar-refractivity contribution >= 4 is 15.9 Å². The van der Waals surface area contributed by atoms with Gasteiger partial charge >= 0.3 is 0 Å². The van der Waals surface area contributed by atoms with Gasteiger partial charge in [0, 0.05) is 17.5 Å². The predicted molar refractivity (Wildman–Crippen MR) is 72.8 cm³/mol. The third kappa shape index (κ3) is 3.71. The Morgan fingerprint density at radius 1 is 1.35 bits per heavy atom. The lowest BCUT2D eigenvalue weighted by Crippen LogP contribution is -2.09. The minimum absolute atomic E-state index is 0.0879. The van der Waals surface area contributed by atoms with Gasteiger partial charge in [-0.15, -0.1) is 0 Å². The van der Waals surface area contributed by atoms with E-state index in [9.17, 15) is 0 Å². The van der Waals surface area contributed by atoms with E-state index >= 15 is 0 Å². The Labute approximate surface area is 111 Å². The Morgan fingerprint density at radius 3 is 2.76 bits per heavy atom. The summed E-state index contributed by atoms with van der Waals surface area (Å²) in [7, 11) is 1.70. The lowest BCUT2D eigenvalue weighted by molar-refractivity contribution is 0.0638. The molecule has 94 valence electrons. The van der Waals surface area contributed by atoms with Crippen LogP contribution in [-0.2, 0) is 4.74 Å². The van der Waals surface area contributed by atoms with Crippen molar-refractivity contribution in [3.63, 3.8) is 0 Å². The second kappa shape index (κ2) is 6.41. The molecule has 0 radical (unpaired) electrons. The molecule has 2 rings (SSSR count). The van der Waals surface area contributed by atoms with Gasteiger partial charge in [-0.1, -0.05) is 47.0 Å². The Hall–Kier alpha value is -0.540. The molecular weight excluding hydrogens is 280 g/mol. The van der Waals surface area contributed by atoms with Gasteiger partial charge in [-0.2, -0.15) is 0 Å². The third-order valence-electron chi connectivity index (χ3n) is 3.17. The van der Waals surface area contributed by atoms with Gasteiger partial charge in [-0.05, 0) is 18.4 Å². The van der Waals surface area contributed by atoms with E-state index in [1.54, 1.807) is 7.11 Å². The lowest BCUT2D eigenvalue weighted by Gasteiger charge is -2.18. The first kappa shape index (κ1) is 12.9. The summed E-state index contributed by atoms with van der Waals surface area (Å²) in [5.74, 6) is 1.83. The fourth-order valence-electron chi connectivity index (χ4n) is 1.93. The Bertz CT molecular complexity index is 350. The third-order valence-corrected chi connectivity index (χ3v) is 3.76. The number of halogens is 1. The summed E-state index contributed by atoms with van der Waals surface area (Å²) in [5.41, 5.74) is 1.13. The molecule has 1 atom stereocenters. The molecule has 0 heterocycles. The van der Waals surface area contributed by atoms with E-state index in [-0.39, 0.29) is 6.10 Å². The second-order valence-corrected chi connectivity index (χ2v) is 5.14. The number of benzene rings is 1. The molecule has 0 aromatic heterocycles. The average molecular weight is 299 g/mol. The normalized spacial score (nSPS) is 16.8. The summed E-state index contributed by atoms with van der Waals surface area (Å²) in [4.78, 5) is 0. The van der Waals surface area contributed by atoms with Crippen molar-refractivity contribution in [1.29, 1.82) is 0 Å². The van der Waals surface area contributed by atoms with Crippen molar-refractivity contribution < 1.29 is 9.47 Å². The van der Waals surface area contributed by atoms with E-state index in [2.05, 4.69) is 22.0 Å². The minimum Gasteiger partial charge on any atom is -0.496 e. The first-order valence-electron chi connectivity index (χ1n) is 6.15. The molecule has 1 aromatic carbocycles. The molecule has 0 saturated heterocycles. The van der Waals surface area contributed by atoms with Gasteiger partial charge in [0.2, 0.25) is 0 Å². The number of alkyl halides is 1. The molecule has 3 heteroatoms. The maximum absolute atomic E-state index is 5.94.